The van der Waals surface area contributed by atoms with Gasteiger partial charge >= 0.3 is 0 Å². The molecule has 1 aliphatic rings. The summed E-state index contributed by atoms with van der Waals surface area (Å²) in [5.41, 5.74) is 1.20. The monoisotopic (exact) mass is 278 g/mol. The summed E-state index contributed by atoms with van der Waals surface area (Å²) in [5.74, 6) is 0.813. The van der Waals surface area contributed by atoms with E-state index in [0.717, 1.165) is 12.2 Å². The zero-order chi connectivity index (χ0) is 13.5. The molecule has 4 nitrogen and oxygen atoms in total. The standard InChI is InChI=1S/C14H18N2O2S/c17-13(10-12-14(18)16-8-9-19-12)15-7-6-11-4-2-1-3-5-11/h1-5,12H,6-10H2,(H,15,17)(H,16,18). The Morgan fingerprint density at radius 1 is 1.37 bits per heavy atom. The molecule has 1 aliphatic heterocycles. The minimum atomic E-state index is -0.231. The highest BCUT2D eigenvalue weighted by Gasteiger charge is 2.24. The molecule has 1 saturated heterocycles. The molecule has 0 aliphatic carbocycles. The highest BCUT2D eigenvalue weighted by Crippen LogP contribution is 2.17. The van der Waals surface area contributed by atoms with Crippen LogP contribution in [0, 0.1) is 0 Å². The fourth-order valence-electron chi connectivity index (χ4n) is 1.95. The molecule has 2 amide bonds. The van der Waals surface area contributed by atoms with Crippen molar-refractivity contribution in [2.45, 2.75) is 18.1 Å². The van der Waals surface area contributed by atoms with Crippen LogP contribution < -0.4 is 10.6 Å². The van der Waals surface area contributed by atoms with Gasteiger partial charge in [-0.1, -0.05) is 30.3 Å². The Morgan fingerprint density at radius 3 is 2.89 bits per heavy atom. The fraction of sp³-hybridized carbons (Fsp3) is 0.429. The molecule has 2 N–H and O–H groups in total. The van der Waals surface area contributed by atoms with E-state index in [1.807, 2.05) is 30.3 Å². The highest BCUT2D eigenvalue weighted by molar-refractivity contribution is 8.00. The molecule has 1 atom stereocenters. The van der Waals surface area contributed by atoms with Crippen molar-refractivity contribution in [2.75, 3.05) is 18.8 Å². The third-order valence-electron chi connectivity index (χ3n) is 2.96. The van der Waals surface area contributed by atoms with Crippen LogP contribution in [0.4, 0.5) is 0 Å². The van der Waals surface area contributed by atoms with Crippen LogP contribution in [0.2, 0.25) is 0 Å². The second kappa shape index (κ2) is 7.19. The number of hydrogen-bond acceptors (Lipinski definition) is 3. The van der Waals surface area contributed by atoms with Gasteiger partial charge in [0, 0.05) is 25.3 Å². The predicted molar refractivity (Wildman–Crippen MR) is 77.0 cm³/mol. The van der Waals surface area contributed by atoms with Crippen LogP contribution in [0.1, 0.15) is 12.0 Å². The molecule has 0 bridgehead atoms. The topological polar surface area (TPSA) is 58.2 Å². The quantitative estimate of drug-likeness (QED) is 0.843. The van der Waals surface area contributed by atoms with Crippen molar-refractivity contribution in [1.29, 1.82) is 0 Å². The number of benzene rings is 1. The molecule has 1 heterocycles. The maximum Gasteiger partial charge on any atom is 0.233 e. The van der Waals surface area contributed by atoms with Gasteiger partial charge in [-0.05, 0) is 12.0 Å². The minimum Gasteiger partial charge on any atom is -0.356 e. The molecule has 1 unspecified atom stereocenters. The molecular formula is C14H18N2O2S. The fourth-order valence-corrected chi connectivity index (χ4v) is 2.96. The number of rotatable bonds is 5. The number of nitrogens with one attached hydrogen (secondary N) is 2. The lowest BCUT2D eigenvalue weighted by molar-refractivity contribution is -0.126. The van der Waals surface area contributed by atoms with E-state index in [1.165, 1.54) is 5.56 Å². The van der Waals surface area contributed by atoms with Gasteiger partial charge in [-0.2, -0.15) is 0 Å². The van der Waals surface area contributed by atoms with Gasteiger partial charge < -0.3 is 10.6 Å². The summed E-state index contributed by atoms with van der Waals surface area (Å²) in [6.07, 6.45) is 1.09. The van der Waals surface area contributed by atoms with Crippen LogP contribution in [0.15, 0.2) is 30.3 Å². The Morgan fingerprint density at radius 2 is 2.16 bits per heavy atom. The molecular weight excluding hydrogens is 260 g/mol. The summed E-state index contributed by atoms with van der Waals surface area (Å²) in [5, 5.41) is 5.42. The highest BCUT2D eigenvalue weighted by atomic mass is 32.2. The Bertz CT molecular complexity index is 436. The van der Waals surface area contributed by atoms with E-state index in [4.69, 9.17) is 0 Å². The molecule has 1 aromatic carbocycles. The second-order valence-corrected chi connectivity index (χ2v) is 5.75. The van der Waals surface area contributed by atoms with Crippen LogP contribution in [0.5, 0.6) is 0 Å². The predicted octanol–water partition coefficient (Wildman–Crippen LogP) is 0.967. The smallest absolute Gasteiger partial charge is 0.233 e. The van der Waals surface area contributed by atoms with Crippen molar-refractivity contribution in [3.63, 3.8) is 0 Å². The zero-order valence-corrected chi connectivity index (χ0v) is 11.5. The van der Waals surface area contributed by atoms with Crippen molar-refractivity contribution in [3.05, 3.63) is 35.9 Å². The van der Waals surface area contributed by atoms with E-state index < -0.39 is 0 Å². The molecule has 2 rings (SSSR count). The Labute approximate surface area is 117 Å². The minimum absolute atomic E-state index is 0.0190. The second-order valence-electron chi connectivity index (χ2n) is 4.44. The Kier molecular flexibility index (Phi) is 5.27. The Balaban J connectivity index is 1.68. The summed E-state index contributed by atoms with van der Waals surface area (Å²) >= 11 is 1.56. The first kappa shape index (κ1) is 13.9. The van der Waals surface area contributed by atoms with Crippen LogP contribution in [-0.2, 0) is 16.0 Å². The van der Waals surface area contributed by atoms with E-state index in [9.17, 15) is 9.59 Å². The lowest BCUT2D eigenvalue weighted by atomic mass is 10.1. The molecule has 0 spiro atoms. The van der Waals surface area contributed by atoms with Crippen molar-refractivity contribution in [2.24, 2.45) is 0 Å². The van der Waals surface area contributed by atoms with Crippen LogP contribution in [0.25, 0.3) is 0 Å². The molecule has 5 heteroatoms. The first-order valence-electron chi connectivity index (χ1n) is 6.45. The van der Waals surface area contributed by atoms with Crippen LogP contribution in [0.3, 0.4) is 0 Å². The zero-order valence-electron chi connectivity index (χ0n) is 10.7. The molecule has 102 valence electrons. The van der Waals surface area contributed by atoms with Crippen molar-refractivity contribution >= 4 is 23.6 Å². The number of carbonyl (C=O) groups excluding carboxylic acids is 2. The maximum atomic E-state index is 11.7. The molecule has 1 aromatic rings. The number of thioether (sulfide) groups is 1. The summed E-state index contributed by atoms with van der Waals surface area (Å²) < 4.78 is 0. The third kappa shape index (κ3) is 4.59. The van der Waals surface area contributed by atoms with E-state index in [-0.39, 0.29) is 23.5 Å². The molecule has 0 radical (unpaired) electrons. The lowest BCUT2D eigenvalue weighted by Gasteiger charge is -2.20. The SMILES string of the molecule is O=C(CC1SCCNC1=O)NCCc1ccccc1. The average Bonchev–Trinajstić information content (AvgIpc) is 2.43. The van der Waals surface area contributed by atoms with Gasteiger partial charge in [0.1, 0.15) is 0 Å². The van der Waals surface area contributed by atoms with E-state index in [2.05, 4.69) is 10.6 Å². The molecule has 0 saturated carbocycles. The third-order valence-corrected chi connectivity index (χ3v) is 4.19. The number of hydrogen-bond donors (Lipinski definition) is 2. The first-order valence-corrected chi connectivity index (χ1v) is 7.50. The molecule has 1 fully saturated rings. The first-order chi connectivity index (χ1) is 9.25. The largest absolute Gasteiger partial charge is 0.356 e. The summed E-state index contributed by atoms with van der Waals surface area (Å²) in [7, 11) is 0. The van der Waals surface area contributed by atoms with Gasteiger partial charge in [0.2, 0.25) is 11.8 Å². The van der Waals surface area contributed by atoms with E-state index >= 15 is 0 Å². The van der Waals surface area contributed by atoms with Gasteiger partial charge in [-0.15, -0.1) is 11.8 Å². The summed E-state index contributed by atoms with van der Waals surface area (Å²) in [4.78, 5) is 23.3. The summed E-state index contributed by atoms with van der Waals surface area (Å²) in [6, 6.07) is 10.0. The Hall–Kier alpha value is -1.49. The van der Waals surface area contributed by atoms with Gasteiger partial charge in [-0.25, -0.2) is 0 Å². The molecule has 19 heavy (non-hydrogen) atoms. The van der Waals surface area contributed by atoms with Gasteiger partial charge in [0.05, 0.1) is 5.25 Å². The van der Waals surface area contributed by atoms with Gasteiger partial charge in [0.15, 0.2) is 0 Å². The van der Waals surface area contributed by atoms with Crippen molar-refractivity contribution < 1.29 is 9.59 Å². The van der Waals surface area contributed by atoms with E-state index in [1.54, 1.807) is 11.8 Å². The number of carbonyl (C=O) groups is 2. The van der Waals surface area contributed by atoms with Gasteiger partial charge in [0.25, 0.3) is 0 Å². The normalized spacial score (nSPS) is 18.7. The van der Waals surface area contributed by atoms with E-state index in [0.29, 0.717) is 13.1 Å². The van der Waals surface area contributed by atoms with Crippen molar-refractivity contribution in [1.82, 2.24) is 10.6 Å². The van der Waals surface area contributed by atoms with Crippen molar-refractivity contribution in [3.8, 4) is 0 Å². The maximum absolute atomic E-state index is 11.7. The lowest BCUT2D eigenvalue weighted by Crippen LogP contribution is -2.42. The number of amides is 2. The summed E-state index contributed by atoms with van der Waals surface area (Å²) in [6.45, 7) is 1.32. The molecule has 0 aromatic heterocycles. The average molecular weight is 278 g/mol. The van der Waals surface area contributed by atoms with Gasteiger partial charge in [-0.3, -0.25) is 9.59 Å². The van der Waals surface area contributed by atoms with Crippen LogP contribution >= 0.6 is 11.8 Å². The van der Waals surface area contributed by atoms with Crippen LogP contribution in [-0.4, -0.2) is 35.9 Å².